The van der Waals surface area contributed by atoms with Crippen molar-refractivity contribution < 1.29 is 9.53 Å². The second-order valence-electron chi connectivity index (χ2n) is 6.55. The molecule has 3 rings (SSSR count). The van der Waals surface area contributed by atoms with E-state index in [2.05, 4.69) is 20.8 Å². The minimum atomic E-state index is -0.986. The monoisotopic (exact) mass is 453 g/mol. The fourth-order valence-electron chi connectivity index (χ4n) is 3.41. The van der Waals surface area contributed by atoms with E-state index in [1.807, 2.05) is 29.2 Å². The number of likely N-dealkylation sites (tertiary alicyclic amines) is 1. The van der Waals surface area contributed by atoms with Gasteiger partial charge in [0, 0.05) is 36.7 Å². The van der Waals surface area contributed by atoms with Crippen molar-refractivity contribution in [1.29, 1.82) is 0 Å². The van der Waals surface area contributed by atoms with Gasteiger partial charge in [0.05, 0.1) is 13.2 Å². The largest absolute Gasteiger partial charge is 0.379 e. The van der Waals surface area contributed by atoms with Crippen LogP contribution in [0.2, 0.25) is 0 Å². The molecule has 142 valence electrons. The summed E-state index contributed by atoms with van der Waals surface area (Å²) in [6.07, 6.45) is 1.02. The maximum absolute atomic E-state index is 12.9. The SMILES string of the molecule is CC(N)(C(=O)N1CCC(N2CCOCC2)C1)c1ccc(Br)cc1.Cl.Cl. The third-order valence-electron chi connectivity index (χ3n) is 4.90. The first-order valence-corrected chi connectivity index (χ1v) is 8.94. The average Bonchev–Trinajstić information content (AvgIpc) is 3.05. The van der Waals surface area contributed by atoms with Gasteiger partial charge < -0.3 is 15.4 Å². The Kier molecular flexibility index (Phi) is 8.64. The van der Waals surface area contributed by atoms with E-state index in [-0.39, 0.29) is 30.7 Å². The summed E-state index contributed by atoms with van der Waals surface area (Å²) in [5, 5.41) is 0. The van der Waals surface area contributed by atoms with Gasteiger partial charge in [0.15, 0.2) is 0 Å². The normalized spacial score (nSPS) is 23.3. The van der Waals surface area contributed by atoms with E-state index in [1.165, 1.54) is 0 Å². The number of amides is 1. The van der Waals surface area contributed by atoms with Gasteiger partial charge >= 0.3 is 0 Å². The van der Waals surface area contributed by atoms with Gasteiger partial charge in [-0.05, 0) is 31.0 Å². The van der Waals surface area contributed by atoms with Crippen molar-refractivity contribution in [3.05, 3.63) is 34.3 Å². The van der Waals surface area contributed by atoms with Crippen molar-refractivity contribution in [2.24, 2.45) is 5.73 Å². The molecule has 8 heteroatoms. The molecule has 2 atom stereocenters. The zero-order valence-corrected chi connectivity index (χ0v) is 17.5. The summed E-state index contributed by atoms with van der Waals surface area (Å²) in [7, 11) is 0. The molecule has 0 bridgehead atoms. The number of benzene rings is 1. The van der Waals surface area contributed by atoms with Crippen LogP contribution in [0.15, 0.2) is 28.7 Å². The summed E-state index contributed by atoms with van der Waals surface area (Å²) >= 11 is 3.42. The molecule has 5 nitrogen and oxygen atoms in total. The van der Waals surface area contributed by atoms with Crippen LogP contribution in [0.1, 0.15) is 18.9 Å². The second-order valence-corrected chi connectivity index (χ2v) is 7.47. The van der Waals surface area contributed by atoms with Gasteiger partial charge in [0.2, 0.25) is 5.91 Å². The Balaban J connectivity index is 0.00000156. The predicted octanol–water partition coefficient (Wildman–Crippen LogP) is 2.40. The van der Waals surface area contributed by atoms with E-state index >= 15 is 0 Å². The van der Waals surface area contributed by atoms with E-state index in [0.29, 0.717) is 6.04 Å². The first-order valence-electron chi connectivity index (χ1n) is 8.14. The Morgan fingerprint density at radius 3 is 2.40 bits per heavy atom. The number of nitrogens with zero attached hydrogens (tertiary/aromatic N) is 2. The summed E-state index contributed by atoms with van der Waals surface area (Å²) in [5.41, 5.74) is 6.26. The minimum absolute atomic E-state index is 0. The molecule has 1 aromatic carbocycles. The van der Waals surface area contributed by atoms with Crippen molar-refractivity contribution >= 4 is 46.7 Å². The quantitative estimate of drug-likeness (QED) is 0.761. The number of rotatable bonds is 3. The first kappa shape index (κ1) is 22.7. The van der Waals surface area contributed by atoms with Crippen molar-refractivity contribution in [3.63, 3.8) is 0 Å². The fraction of sp³-hybridized carbons (Fsp3) is 0.588. The Morgan fingerprint density at radius 1 is 1.20 bits per heavy atom. The number of carbonyl (C=O) groups excluding carboxylic acids is 1. The van der Waals surface area contributed by atoms with Gasteiger partial charge in [0.1, 0.15) is 5.54 Å². The van der Waals surface area contributed by atoms with E-state index in [0.717, 1.165) is 55.8 Å². The number of morpholine rings is 1. The van der Waals surface area contributed by atoms with Crippen molar-refractivity contribution in [2.45, 2.75) is 24.9 Å². The predicted molar refractivity (Wildman–Crippen MR) is 108 cm³/mol. The third kappa shape index (κ3) is 5.08. The van der Waals surface area contributed by atoms with Gasteiger partial charge in [-0.15, -0.1) is 24.8 Å². The van der Waals surface area contributed by atoms with E-state index in [9.17, 15) is 4.79 Å². The van der Waals surface area contributed by atoms with Crippen molar-refractivity contribution in [2.75, 3.05) is 39.4 Å². The molecule has 0 aliphatic carbocycles. The van der Waals surface area contributed by atoms with Crippen LogP contribution in [0.3, 0.4) is 0 Å². The number of hydrogen-bond acceptors (Lipinski definition) is 4. The number of carbonyl (C=O) groups is 1. The highest BCUT2D eigenvalue weighted by molar-refractivity contribution is 9.10. The van der Waals surface area contributed by atoms with E-state index < -0.39 is 5.54 Å². The Bertz CT molecular complexity index is 566. The van der Waals surface area contributed by atoms with Crippen LogP contribution in [-0.2, 0) is 15.1 Å². The van der Waals surface area contributed by atoms with Gasteiger partial charge in [-0.25, -0.2) is 0 Å². The zero-order chi connectivity index (χ0) is 16.4. The van der Waals surface area contributed by atoms with Gasteiger partial charge in [-0.2, -0.15) is 0 Å². The summed E-state index contributed by atoms with van der Waals surface area (Å²) in [6.45, 7) is 6.85. The molecule has 1 amide bonds. The average molecular weight is 455 g/mol. The third-order valence-corrected chi connectivity index (χ3v) is 5.43. The molecule has 0 radical (unpaired) electrons. The Morgan fingerprint density at radius 2 is 1.80 bits per heavy atom. The minimum Gasteiger partial charge on any atom is -0.379 e. The molecule has 2 unspecified atom stereocenters. The summed E-state index contributed by atoms with van der Waals surface area (Å²) in [5.74, 6) is 0.00980. The maximum Gasteiger partial charge on any atom is 0.247 e. The second kappa shape index (κ2) is 9.53. The fourth-order valence-corrected chi connectivity index (χ4v) is 3.68. The molecule has 0 saturated carbocycles. The zero-order valence-electron chi connectivity index (χ0n) is 14.3. The lowest BCUT2D eigenvalue weighted by Gasteiger charge is -2.33. The molecular formula is C17H26BrCl2N3O2. The van der Waals surface area contributed by atoms with Crippen LogP contribution in [0, 0.1) is 0 Å². The van der Waals surface area contributed by atoms with Crippen molar-refractivity contribution in [3.8, 4) is 0 Å². The van der Waals surface area contributed by atoms with Crippen LogP contribution in [0.5, 0.6) is 0 Å². The molecule has 0 spiro atoms. The maximum atomic E-state index is 12.9. The van der Waals surface area contributed by atoms with Crippen LogP contribution in [0.25, 0.3) is 0 Å². The van der Waals surface area contributed by atoms with Crippen LogP contribution < -0.4 is 5.73 Å². The lowest BCUT2D eigenvalue weighted by molar-refractivity contribution is -0.135. The molecular weight excluding hydrogens is 429 g/mol. The van der Waals surface area contributed by atoms with Crippen LogP contribution in [-0.4, -0.2) is 61.1 Å². The van der Waals surface area contributed by atoms with E-state index in [4.69, 9.17) is 10.5 Å². The van der Waals surface area contributed by atoms with Crippen LogP contribution in [0.4, 0.5) is 0 Å². The molecule has 0 aromatic heterocycles. The molecule has 1 aromatic rings. The van der Waals surface area contributed by atoms with Gasteiger partial charge in [0.25, 0.3) is 0 Å². The summed E-state index contributed by atoms with van der Waals surface area (Å²) in [6, 6.07) is 8.11. The molecule has 25 heavy (non-hydrogen) atoms. The molecule has 2 fully saturated rings. The van der Waals surface area contributed by atoms with Crippen molar-refractivity contribution in [1.82, 2.24) is 9.80 Å². The smallest absolute Gasteiger partial charge is 0.247 e. The van der Waals surface area contributed by atoms with Gasteiger partial charge in [-0.3, -0.25) is 9.69 Å². The molecule has 2 saturated heterocycles. The standard InChI is InChI=1S/C17H24BrN3O2.2ClH/c1-17(19,13-2-4-14(18)5-3-13)16(22)21-7-6-15(12-21)20-8-10-23-11-9-20;;/h2-5,15H,6-12,19H2,1H3;2*1H. The Labute approximate surface area is 170 Å². The lowest BCUT2D eigenvalue weighted by atomic mass is 9.92. The molecule has 2 aliphatic heterocycles. The number of nitrogens with two attached hydrogens (primary N) is 1. The molecule has 2 aliphatic rings. The number of halogens is 3. The highest BCUT2D eigenvalue weighted by Gasteiger charge is 2.39. The number of hydrogen-bond donors (Lipinski definition) is 1. The lowest BCUT2D eigenvalue weighted by Crippen LogP contribution is -2.51. The molecule has 2 N–H and O–H groups in total. The van der Waals surface area contributed by atoms with E-state index in [1.54, 1.807) is 6.92 Å². The first-order chi connectivity index (χ1) is 11.0. The highest BCUT2D eigenvalue weighted by Crippen LogP contribution is 2.26. The highest BCUT2D eigenvalue weighted by atomic mass is 79.9. The van der Waals surface area contributed by atoms with Crippen LogP contribution >= 0.6 is 40.7 Å². The van der Waals surface area contributed by atoms with Gasteiger partial charge in [-0.1, -0.05) is 28.1 Å². The Hall–Kier alpha value is -0.370. The number of ether oxygens (including phenoxy) is 1. The summed E-state index contributed by atoms with van der Waals surface area (Å²) in [4.78, 5) is 17.3. The summed E-state index contributed by atoms with van der Waals surface area (Å²) < 4.78 is 6.39. The topological polar surface area (TPSA) is 58.8 Å². The molecule has 2 heterocycles.